The molecule has 104 valence electrons. The molecule has 20 heavy (non-hydrogen) atoms. The summed E-state index contributed by atoms with van der Waals surface area (Å²) in [5.74, 6) is -0.166. The van der Waals surface area contributed by atoms with Crippen LogP contribution >= 0.6 is 0 Å². The molecule has 2 aromatic rings. The van der Waals surface area contributed by atoms with Crippen molar-refractivity contribution in [2.24, 2.45) is 0 Å². The van der Waals surface area contributed by atoms with Crippen molar-refractivity contribution in [2.75, 3.05) is 6.54 Å². The topological polar surface area (TPSA) is 12.0 Å². The van der Waals surface area contributed by atoms with Gasteiger partial charge in [0.2, 0.25) is 0 Å². The Morgan fingerprint density at radius 2 is 1.90 bits per heavy atom. The summed E-state index contributed by atoms with van der Waals surface area (Å²) in [5, 5.41) is 3.32. The molecule has 0 aliphatic heterocycles. The average molecular weight is 269 g/mol. The lowest BCUT2D eigenvalue weighted by Crippen LogP contribution is -2.12. The van der Waals surface area contributed by atoms with E-state index in [-0.39, 0.29) is 5.82 Å². The molecule has 0 atom stereocenters. The zero-order valence-electron chi connectivity index (χ0n) is 11.9. The second-order valence-electron chi connectivity index (χ2n) is 5.42. The summed E-state index contributed by atoms with van der Waals surface area (Å²) in [4.78, 5) is 0. The Morgan fingerprint density at radius 3 is 2.75 bits per heavy atom. The highest BCUT2D eigenvalue weighted by Gasteiger charge is 2.13. The normalized spacial score (nSPS) is 13.5. The minimum absolute atomic E-state index is 0.166. The molecule has 2 aromatic carbocycles. The molecule has 0 saturated carbocycles. The number of fused-ring (bicyclic) bond motifs is 1. The monoisotopic (exact) mass is 269 g/mol. The molecule has 0 bridgehead atoms. The summed E-state index contributed by atoms with van der Waals surface area (Å²) in [6.07, 6.45) is 3.58. The van der Waals surface area contributed by atoms with E-state index in [1.165, 1.54) is 24.0 Å². The number of halogens is 1. The summed E-state index contributed by atoms with van der Waals surface area (Å²) in [6, 6.07) is 11.7. The highest BCUT2D eigenvalue weighted by atomic mass is 19.1. The van der Waals surface area contributed by atoms with Gasteiger partial charge >= 0.3 is 0 Å². The lowest BCUT2D eigenvalue weighted by atomic mass is 9.96. The van der Waals surface area contributed by atoms with Crippen molar-refractivity contribution in [3.8, 4) is 11.1 Å². The Hall–Kier alpha value is -1.67. The van der Waals surface area contributed by atoms with Crippen molar-refractivity contribution < 1.29 is 4.39 Å². The Morgan fingerprint density at radius 1 is 1.05 bits per heavy atom. The molecule has 0 fully saturated rings. The van der Waals surface area contributed by atoms with Crippen LogP contribution in [0.3, 0.4) is 0 Å². The average Bonchev–Trinajstić information content (AvgIpc) is 2.93. The zero-order chi connectivity index (χ0) is 13.9. The molecule has 0 spiro atoms. The molecule has 1 aliphatic carbocycles. The van der Waals surface area contributed by atoms with Crippen molar-refractivity contribution in [2.45, 2.75) is 32.7 Å². The minimum Gasteiger partial charge on any atom is -0.313 e. The van der Waals surface area contributed by atoms with Gasteiger partial charge in [0, 0.05) is 6.54 Å². The molecule has 1 N–H and O–H groups in total. The predicted octanol–water partition coefficient (Wildman–Crippen LogP) is 4.09. The first-order valence-electron chi connectivity index (χ1n) is 7.39. The van der Waals surface area contributed by atoms with Gasteiger partial charge in [0.15, 0.2) is 0 Å². The maximum absolute atomic E-state index is 13.6. The fourth-order valence-corrected chi connectivity index (χ4v) is 2.97. The van der Waals surface area contributed by atoms with Crippen LogP contribution in [-0.2, 0) is 19.4 Å². The van der Waals surface area contributed by atoms with Crippen LogP contribution in [0.1, 0.15) is 30.0 Å². The van der Waals surface area contributed by atoms with E-state index >= 15 is 0 Å². The molecule has 1 aliphatic rings. The molecule has 2 heteroatoms. The Balaban J connectivity index is 2.01. The van der Waals surface area contributed by atoms with E-state index in [1.54, 1.807) is 12.1 Å². The van der Waals surface area contributed by atoms with Gasteiger partial charge in [-0.3, -0.25) is 0 Å². The third kappa shape index (κ3) is 2.61. The Kier molecular flexibility index (Phi) is 3.83. The fraction of sp³-hybridized carbons (Fsp3) is 0.333. The standard InChI is InChI=1S/C18H20FN/c1-2-20-12-16-8-9-17(19)11-18(16)15-7-6-13-4-3-5-14(13)10-15/h6-11,20H,2-5,12H2,1H3. The molecule has 0 radical (unpaired) electrons. The summed E-state index contributed by atoms with van der Waals surface area (Å²) in [7, 11) is 0. The van der Waals surface area contributed by atoms with Gasteiger partial charge in [-0.2, -0.15) is 0 Å². The molecule has 3 rings (SSSR count). The summed E-state index contributed by atoms with van der Waals surface area (Å²) >= 11 is 0. The van der Waals surface area contributed by atoms with Crippen LogP contribution in [0.5, 0.6) is 0 Å². The molecule has 1 nitrogen and oxygen atoms in total. The zero-order valence-corrected chi connectivity index (χ0v) is 11.9. The van der Waals surface area contributed by atoms with E-state index in [9.17, 15) is 4.39 Å². The van der Waals surface area contributed by atoms with Gasteiger partial charge in [-0.15, -0.1) is 0 Å². The molecule has 0 amide bonds. The van der Waals surface area contributed by atoms with Crippen molar-refractivity contribution in [1.29, 1.82) is 0 Å². The molecule has 0 aromatic heterocycles. The van der Waals surface area contributed by atoms with Gasteiger partial charge in [-0.25, -0.2) is 4.39 Å². The van der Waals surface area contributed by atoms with Crippen LogP contribution in [0.4, 0.5) is 4.39 Å². The van der Waals surface area contributed by atoms with Crippen molar-refractivity contribution in [3.63, 3.8) is 0 Å². The fourth-order valence-electron chi connectivity index (χ4n) is 2.97. The molecule has 0 heterocycles. The molecular weight excluding hydrogens is 249 g/mol. The van der Waals surface area contributed by atoms with E-state index in [1.807, 2.05) is 6.07 Å². The van der Waals surface area contributed by atoms with E-state index in [0.29, 0.717) is 0 Å². The third-order valence-electron chi connectivity index (χ3n) is 4.05. The van der Waals surface area contributed by atoms with E-state index in [4.69, 9.17) is 0 Å². The quantitative estimate of drug-likeness (QED) is 0.881. The van der Waals surface area contributed by atoms with Gasteiger partial charge in [0.05, 0.1) is 0 Å². The van der Waals surface area contributed by atoms with Crippen molar-refractivity contribution in [1.82, 2.24) is 5.32 Å². The van der Waals surface area contributed by atoms with Crippen molar-refractivity contribution >= 4 is 0 Å². The smallest absolute Gasteiger partial charge is 0.123 e. The first-order valence-corrected chi connectivity index (χ1v) is 7.39. The molecule has 0 saturated heterocycles. The Labute approximate surface area is 119 Å². The maximum atomic E-state index is 13.6. The van der Waals surface area contributed by atoms with Gasteiger partial charge in [0.1, 0.15) is 5.82 Å². The summed E-state index contributed by atoms with van der Waals surface area (Å²) < 4.78 is 13.6. The van der Waals surface area contributed by atoms with Gasteiger partial charge in [0.25, 0.3) is 0 Å². The molecular formula is C18H20FN. The second kappa shape index (κ2) is 5.76. The van der Waals surface area contributed by atoms with Gasteiger partial charge in [-0.1, -0.05) is 31.2 Å². The van der Waals surface area contributed by atoms with Crippen LogP contribution < -0.4 is 5.32 Å². The van der Waals surface area contributed by atoms with Crippen molar-refractivity contribution in [3.05, 3.63) is 58.9 Å². The van der Waals surface area contributed by atoms with E-state index < -0.39 is 0 Å². The number of nitrogens with one attached hydrogen (secondary N) is 1. The predicted molar refractivity (Wildman–Crippen MR) is 81.2 cm³/mol. The first kappa shape index (κ1) is 13.3. The van der Waals surface area contributed by atoms with Crippen LogP contribution in [0.15, 0.2) is 36.4 Å². The summed E-state index contributed by atoms with van der Waals surface area (Å²) in [6.45, 7) is 3.78. The SMILES string of the molecule is CCNCc1ccc(F)cc1-c1ccc2c(c1)CCC2. The lowest BCUT2D eigenvalue weighted by molar-refractivity contribution is 0.626. The number of benzene rings is 2. The second-order valence-corrected chi connectivity index (χ2v) is 5.42. The highest BCUT2D eigenvalue weighted by Crippen LogP contribution is 2.30. The maximum Gasteiger partial charge on any atom is 0.123 e. The number of hydrogen-bond acceptors (Lipinski definition) is 1. The van der Waals surface area contributed by atoms with Crippen LogP contribution in [0.25, 0.3) is 11.1 Å². The lowest BCUT2D eigenvalue weighted by Gasteiger charge is -2.12. The van der Waals surface area contributed by atoms with Crippen LogP contribution in [-0.4, -0.2) is 6.54 Å². The Bertz CT molecular complexity index is 619. The van der Waals surface area contributed by atoms with E-state index in [0.717, 1.165) is 36.2 Å². The molecule has 0 unspecified atom stereocenters. The minimum atomic E-state index is -0.166. The number of hydrogen-bond donors (Lipinski definition) is 1. The number of rotatable bonds is 4. The first-order chi connectivity index (χ1) is 9.78. The van der Waals surface area contributed by atoms with Gasteiger partial charge < -0.3 is 5.32 Å². The third-order valence-corrected chi connectivity index (χ3v) is 4.05. The van der Waals surface area contributed by atoms with Crippen LogP contribution in [0, 0.1) is 5.82 Å². The van der Waals surface area contributed by atoms with E-state index in [2.05, 4.69) is 30.4 Å². The summed E-state index contributed by atoms with van der Waals surface area (Å²) in [5.41, 5.74) is 6.20. The van der Waals surface area contributed by atoms with Crippen LogP contribution in [0.2, 0.25) is 0 Å². The van der Waals surface area contributed by atoms with Gasteiger partial charge in [-0.05, 0) is 65.8 Å². The highest BCUT2D eigenvalue weighted by molar-refractivity contribution is 5.69. The number of aryl methyl sites for hydroxylation is 2. The largest absolute Gasteiger partial charge is 0.313 e.